The zero-order valence-corrected chi connectivity index (χ0v) is 14.0. The minimum Gasteiger partial charge on any atom is -0.375 e. The summed E-state index contributed by atoms with van der Waals surface area (Å²) in [6.45, 7) is 6.78. The monoisotopic (exact) mass is 315 g/mol. The average molecular weight is 315 g/mol. The summed E-state index contributed by atoms with van der Waals surface area (Å²) in [5, 5.41) is 5.45. The molecule has 4 nitrogen and oxygen atoms in total. The Hall–Kier alpha value is -1.88. The first-order valence-electron chi connectivity index (χ1n) is 7.40. The Bertz CT molecular complexity index is 705. The number of hydrogen-bond acceptors (Lipinski definition) is 4. The number of nitrogens with zero attached hydrogens (tertiary/aromatic N) is 1. The van der Waals surface area contributed by atoms with Crippen molar-refractivity contribution in [3.05, 3.63) is 46.5 Å². The molecule has 0 saturated heterocycles. The smallest absolute Gasteiger partial charge is 0.231 e. The van der Waals surface area contributed by atoms with Crippen LogP contribution in [0, 0.1) is 12.3 Å². The van der Waals surface area contributed by atoms with Crippen molar-refractivity contribution in [1.29, 1.82) is 0 Å². The Labute approximate surface area is 134 Å². The number of aryl methyl sites for hydroxylation is 1. The van der Waals surface area contributed by atoms with Gasteiger partial charge in [-0.1, -0.05) is 43.7 Å². The highest BCUT2D eigenvalue weighted by molar-refractivity contribution is 7.13. The van der Waals surface area contributed by atoms with Crippen LogP contribution in [0.1, 0.15) is 37.1 Å². The quantitative estimate of drug-likeness (QED) is 0.911. The fourth-order valence-electron chi connectivity index (χ4n) is 3.19. The molecule has 1 fully saturated rings. The third-order valence-electron chi connectivity index (χ3n) is 4.67. The van der Waals surface area contributed by atoms with E-state index < -0.39 is 5.41 Å². The molecule has 1 aromatic carbocycles. The molecule has 116 valence electrons. The minimum atomic E-state index is -0.428. The highest BCUT2D eigenvalue weighted by Crippen LogP contribution is 2.64. The predicted octanol–water partition coefficient (Wildman–Crippen LogP) is 3.02. The molecule has 5 heteroatoms. The van der Waals surface area contributed by atoms with Crippen LogP contribution in [-0.2, 0) is 16.8 Å². The number of hydrogen-bond donors (Lipinski definition) is 2. The summed E-state index contributed by atoms with van der Waals surface area (Å²) >= 11 is 1.39. The summed E-state index contributed by atoms with van der Waals surface area (Å²) in [6.07, 6.45) is 0.869. The van der Waals surface area contributed by atoms with E-state index >= 15 is 0 Å². The molecule has 1 aliphatic rings. The largest absolute Gasteiger partial charge is 0.375 e. The highest BCUT2D eigenvalue weighted by Gasteiger charge is 2.66. The van der Waals surface area contributed by atoms with Crippen LogP contribution in [0.3, 0.4) is 0 Å². The van der Waals surface area contributed by atoms with Gasteiger partial charge in [0.1, 0.15) is 0 Å². The van der Waals surface area contributed by atoms with E-state index in [1.165, 1.54) is 16.9 Å². The second-order valence-corrected chi connectivity index (χ2v) is 7.58. The summed E-state index contributed by atoms with van der Waals surface area (Å²) in [7, 11) is 0. The van der Waals surface area contributed by atoms with Crippen molar-refractivity contribution >= 4 is 22.4 Å². The van der Waals surface area contributed by atoms with Crippen LogP contribution in [0.15, 0.2) is 29.6 Å². The van der Waals surface area contributed by atoms with Crippen LogP contribution in [-0.4, -0.2) is 10.9 Å². The van der Waals surface area contributed by atoms with Gasteiger partial charge in [-0.05, 0) is 24.3 Å². The lowest BCUT2D eigenvalue weighted by Crippen LogP contribution is -2.37. The van der Waals surface area contributed by atoms with E-state index in [1.54, 1.807) is 0 Å². The second-order valence-electron chi connectivity index (χ2n) is 6.69. The maximum Gasteiger partial charge on any atom is 0.231 e. The molecule has 1 heterocycles. The van der Waals surface area contributed by atoms with E-state index in [4.69, 9.17) is 5.73 Å². The van der Waals surface area contributed by atoms with Gasteiger partial charge >= 0.3 is 0 Å². The molecule has 1 saturated carbocycles. The lowest BCUT2D eigenvalue weighted by molar-refractivity contribution is -0.124. The number of thiazole rings is 1. The maximum absolute atomic E-state index is 12.8. The number of rotatable bonds is 4. The fraction of sp³-hybridized carbons (Fsp3) is 0.412. The van der Waals surface area contributed by atoms with Crippen molar-refractivity contribution in [2.75, 3.05) is 5.73 Å². The number of carbonyl (C=O) groups is 1. The molecular formula is C17H21N3OS. The molecule has 0 unspecified atom stereocenters. The number of nitrogen functional groups attached to an aromatic ring is 1. The Morgan fingerprint density at radius 1 is 1.36 bits per heavy atom. The van der Waals surface area contributed by atoms with Crippen molar-refractivity contribution in [2.24, 2.45) is 5.41 Å². The summed E-state index contributed by atoms with van der Waals surface area (Å²) in [5.41, 5.74) is 8.29. The van der Waals surface area contributed by atoms with Crippen molar-refractivity contribution < 1.29 is 4.79 Å². The number of carbonyl (C=O) groups excluding carboxylic acids is 1. The van der Waals surface area contributed by atoms with E-state index in [0.29, 0.717) is 11.7 Å². The molecule has 3 N–H and O–H groups in total. The molecule has 1 atom stereocenters. The Balaban J connectivity index is 1.79. The number of anilines is 1. The number of nitrogens with two attached hydrogens (primary N) is 1. The van der Waals surface area contributed by atoms with Crippen LogP contribution in [0.5, 0.6) is 0 Å². The van der Waals surface area contributed by atoms with Gasteiger partial charge < -0.3 is 11.1 Å². The van der Waals surface area contributed by atoms with Crippen molar-refractivity contribution in [2.45, 2.75) is 39.2 Å². The van der Waals surface area contributed by atoms with Crippen LogP contribution in [0.2, 0.25) is 0 Å². The molecule has 1 aromatic heterocycles. The predicted molar refractivity (Wildman–Crippen MR) is 89.6 cm³/mol. The van der Waals surface area contributed by atoms with Gasteiger partial charge in [-0.3, -0.25) is 4.79 Å². The van der Waals surface area contributed by atoms with E-state index in [9.17, 15) is 4.79 Å². The summed E-state index contributed by atoms with van der Waals surface area (Å²) in [5.74, 6) is 0.0768. The lowest BCUT2D eigenvalue weighted by atomic mass is 9.86. The van der Waals surface area contributed by atoms with Gasteiger partial charge in [0.15, 0.2) is 5.13 Å². The maximum atomic E-state index is 12.8. The van der Waals surface area contributed by atoms with Gasteiger partial charge in [-0.15, -0.1) is 11.3 Å². The van der Waals surface area contributed by atoms with Gasteiger partial charge in [-0.25, -0.2) is 4.98 Å². The molecular weight excluding hydrogens is 294 g/mol. The molecule has 0 bridgehead atoms. The topological polar surface area (TPSA) is 68.0 Å². The van der Waals surface area contributed by atoms with E-state index in [0.717, 1.165) is 17.7 Å². The van der Waals surface area contributed by atoms with E-state index in [1.807, 2.05) is 5.38 Å². The molecule has 1 aliphatic carbocycles. The Kier molecular flexibility index (Phi) is 3.48. The number of nitrogens with one attached hydrogen (secondary N) is 1. The zero-order chi connectivity index (χ0) is 16.0. The zero-order valence-electron chi connectivity index (χ0n) is 13.1. The van der Waals surface area contributed by atoms with Gasteiger partial charge in [0.2, 0.25) is 5.91 Å². The molecule has 2 aromatic rings. The van der Waals surface area contributed by atoms with Gasteiger partial charge in [0.05, 0.1) is 17.7 Å². The molecule has 0 radical (unpaired) electrons. The Morgan fingerprint density at radius 2 is 2.00 bits per heavy atom. The third kappa shape index (κ3) is 2.39. The molecule has 0 aliphatic heterocycles. The highest BCUT2D eigenvalue weighted by atomic mass is 32.1. The molecule has 22 heavy (non-hydrogen) atoms. The first kappa shape index (κ1) is 15.0. The van der Waals surface area contributed by atoms with Crippen molar-refractivity contribution in [1.82, 2.24) is 10.3 Å². The van der Waals surface area contributed by atoms with Crippen molar-refractivity contribution in [3.63, 3.8) is 0 Å². The van der Waals surface area contributed by atoms with E-state index in [2.05, 4.69) is 55.3 Å². The molecule has 3 rings (SSSR count). The van der Waals surface area contributed by atoms with Gasteiger partial charge in [0, 0.05) is 5.38 Å². The van der Waals surface area contributed by atoms with Gasteiger partial charge in [-0.2, -0.15) is 0 Å². The van der Waals surface area contributed by atoms with Crippen LogP contribution < -0.4 is 11.1 Å². The molecule has 0 spiro atoms. The third-order valence-corrected chi connectivity index (χ3v) is 5.39. The minimum absolute atomic E-state index is 0.0204. The van der Waals surface area contributed by atoms with Crippen LogP contribution in [0.25, 0.3) is 0 Å². The van der Waals surface area contributed by atoms with E-state index in [-0.39, 0.29) is 11.3 Å². The molecule has 1 amide bonds. The normalized spacial score (nSPS) is 22.3. The first-order valence-corrected chi connectivity index (χ1v) is 8.28. The fourth-order valence-corrected chi connectivity index (χ4v) is 3.76. The Morgan fingerprint density at radius 3 is 2.50 bits per heavy atom. The number of amides is 1. The van der Waals surface area contributed by atoms with Crippen LogP contribution >= 0.6 is 11.3 Å². The average Bonchev–Trinajstić information content (AvgIpc) is 2.84. The van der Waals surface area contributed by atoms with Gasteiger partial charge in [0.25, 0.3) is 0 Å². The summed E-state index contributed by atoms with van der Waals surface area (Å²) in [4.78, 5) is 17.0. The summed E-state index contributed by atoms with van der Waals surface area (Å²) in [6, 6.07) is 8.29. The number of benzene rings is 1. The SMILES string of the molecule is Cc1ccc([C@]2(C(=O)NCc3csc(N)n3)CC2(C)C)cc1. The van der Waals surface area contributed by atoms with Crippen molar-refractivity contribution in [3.8, 4) is 0 Å². The van der Waals surface area contributed by atoms with Crippen LogP contribution in [0.4, 0.5) is 5.13 Å². The first-order chi connectivity index (χ1) is 10.3. The standard InChI is InChI=1S/C17H21N3OS/c1-11-4-6-12(7-5-11)17(10-16(17,2)3)14(21)19-8-13-9-22-15(18)20-13/h4-7,9H,8,10H2,1-3H3,(H2,18,20)(H,19,21)/t17-/m0/s1. The second kappa shape index (κ2) is 5.09. The lowest BCUT2D eigenvalue weighted by Gasteiger charge is -2.20. The summed E-state index contributed by atoms with van der Waals surface area (Å²) < 4.78 is 0. The number of aromatic nitrogens is 1.